The van der Waals surface area contributed by atoms with Gasteiger partial charge in [0.15, 0.2) is 0 Å². The van der Waals surface area contributed by atoms with E-state index in [1.54, 1.807) is 30.1 Å². The van der Waals surface area contributed by atoms with Crippen LogP contribution >= 0.6 is 0 Å². The number of nitrogens with two attached hydrogens (primary N) is 1. The van der Waals surface area contributed by atoms with E-state index < -0.39 is 5.91 Å². The van der Waals surface area contributed by atoms with E-state index in [2.05, 4.69) is 0 Å². The third-order valence-electron chi connectivity index (χ3n) is 2.38. The third kappa shape index (κ3) is 3.59. The average Bonchev–Trinajstić information content (AvgIpc) is 2.27. The summed E-state index contributed by atoms with van der Waals surface area (Å²) in [7, 11) is 1.75. The van der Waals surface area contributed by atoms with E-state index in [-0.39, 0.29) is 5.91 Å². The summed E-state index contributed by atoms with van der Waals surface area (Å²) in [6.07, 6.45) is 0. The molecule has 0 spiro atoms. The van der Waals surface area contributed by atoms with Crippen molar-refractivity contribution in [3.8, 4) is 0 Å². The van der Waals surface area contributed by atoms with Crippen molar-refractivity contribution in [3.63, 3.8) is 0 Å². The molecule has 0 atom stereocenters. The Balaban J connectivity index is 2.89. The highest BCUT2D eigenvalue weighted by molar-refractivity contribution is 5.98. The number of benzene rings is 1. The zero-order valence-corrected chi connectivity index (χ0v) is 10.4. The van der Waals surface area contributed by atoms with E-state index in [0.717, 1.165) is 0 Å². The van der Waals surface area contributed by atoms with Gasteiger partial charge in [-0.05, 0) is 24.1 Å². The number of carbonyl (C=O) groups excluding carboxylic acids is 2. The predicted octanol–water partition coefficient (Wildman–Crippen LogP) is 1.51. The highest BCUT2D eigenvalue weighted by atomic mass is 16.2. The van der Waals surface area contributed by atoms with E-state index in [9.17, 15) is 9.59 Å². The van der Waals surface area contributed by atoms with Crippen LogP contribution in [0.4, 0.5) is 0 Å². The minimum Gasteiger partial charge on any atom is -0.366 e. The molecule has 0 fully saturated rings. The maximum atomic E-state index is 12.0. The summed E-state index contributed by atoms with van der Waals surface area (Å²) in [5.74, 6) is -0.212. The number of rotatable bonds is 4. The third-order valence-corrected chi connectivity index (χ3v) is 2.38. The van der Waals surface area contributed by atoms with Crippen LogP contribution in [-0.4, -0.2) is 30.3 Å². The largest absolute Gasteiger partial charge is 0.366 e. The summed E-state index contributed by atoms with van der Waals surface area (Å²) in [6.45, 7) is 4.77. The molecule has 2 N–H and O–H groups in total. The minimum atomic E-state index is -0.522. The zero-order chi connectivity index (χ0) is 13.0. The van der Waals surface area contributed by atoms with Crippen LogP contribution in [0.5, 0.6) is 0 Å². The molecule has 0 aromatic heterocycles. The van der Waals surface area contributed by atoms with E-state index in [1.807, 2.05) is 13.8 Å². The maximum absolute atomic E-state index is 12.0. The smallest absolute Gasteiger partial charge is 0.253 e. The van der Waals surface area contributed by atoms with Crippen molar-refractivity contribution in [2.75, 3.05) is 13.6 Å². The predicted molar refractivity (Wildman–Crippen MR) is 66.8 cm³/mol. The highest BCUT2D eigenvalue weighted by Gasteiger charge is 2.13. The second-order valence-electron chi connectivity index (χ2n) is 4.52. The second kappa shape index (κ2) is 5.48. The molecule has 0 aliphatic heterocycles. The number of amides is 2. The van der Waals surface area contributed by atoms with Crippen LogP contribution in [0.2, 0.25) is 0 Å². The van der Waals surface area contributed by atoms with Crippen LogP contribution in [0.15, 0.2) is 24.3 Å². The number of hydrogen-bond donors (Lipinski definition) is 1. The summed E-state index contributed by atoms with van der Waals surface area (Å²) < 4.78 is 0. The van der Waals surface area contributed by atoms with Crippen LogP contribution in [-0.2, 0) is 0 Å². The lowest BCUT2D eigenvalue weighted by Gasteiger charge is -2.19. The lowest BCUT2D eigenvalue weighted by atomic mass is 10.1. The van der Waals surface area contributed by atoms with Gasteiger partial charge in [-0.15, -0.1) is 0 Å². The second-order valence-corrected chi connectivity index (χ2v) is 4.52. The lowest BCUT2D eigenvalue weighted by Crippen LogP contribution is -2.30. The van der Waals surface area contributed by atoms with Gasteiger partial charge in [-0.3, -0.25) is 9.59 Å². The van der Waals surface area contributed by atoms with E-state index in [1.165, 1.54) is 6.07 Å². The van der Waals surface area contributed by atoms with E-state index in [4.69, 9.17) is 5.73 Å². The van der Waals surface area contributed by atoms with Gasteiger partial charge in [-0.25, -0.2) is 0 Å². The monoisotopic (exact) mass is 234 g/mol. The first-order valence-electron chi connectivity index (χ1n) is 5.57. The van der Waals surface area contributed by atoms with Crippen molar-refractivity contribution >= 4 is 11.8 Å². The van der Waals surface area contributed by atoms with Crippen LogP contribution in [0.3, 0.4) is 0 Å². The fraction of sp³-hybridized carbons (Fsp3) is 0.385. The van der Waals surface area contributed by atoms with Gasteiger partial charge in [0.05, 0.1) is 0 Å². The Morgan fingerprint density at radius 3 is 2.41 bits per heavy atom. The Labute approximate surface area is 101 Å². The molecule has 0 unspecified atom stereocenters. The fourth-order valence-electron chi connectivity index (χ4n) is 1.66. The fourth-order valence-corrected chi connectivity index (χ4v) is 1.66. The van der Waals surface area contributed by atoms with Gasteiger partial charge in [-0.2, -0.15) is 0 Å². The van der Waals surface area contributed by atoms with Crippen LogP contribution in [0, 0.1) is 5.92 Å². The number of hydrogen-bond acceptors (Lipinski definition) is 2. The Morgan fingerprint density at radius 2 is 1.88 bits per heavy atom. The molecule has 1 rings (SSSR count). The number of nitrogens with zero attached hydrogens (tertiary/aromatic N) is 1. The van der Waals surface area contributed by atoms with Crippen molar-refractivity contribution in [2.45, 2.75) is 13.8 Å². The van der Waals surface area contributed by atoms with E-state index in [0.29, 0.717) is 23.6 Å². The standard InChI is InChI=1S/C13H18N2O2/c1-9(2)8-15(3)13(17)11-6-4-5-10(7-11)12(14)16/h4-7,9H,8H2,1-3H3,(H2,14,16). The van der Waals surface area contributed by atoms with Gasteiger partial charge in [0, 0.05) is 24.7 Å². The van der Waals surface area contributed by atoms with Crippen molar-refractivity contribution in [3.05, 3.63) is 35.4 Å². The molecule has 2 amide bonds. The molecular weight excluding hydrogens is 216 g/mol. The molecular formula is C13H18N2O2. The average molecular weight is 234 g/mol. The normalized spacial score (nSPS) is 10.4. The van der Waals surface area contributed by atoms with E-state index >= 15 is 0 Å². The first kappa shape index (κ1) is 13.2. The van der Waals surface area contributed by atoms with Crippen molar-refractivity contribution in [2.24, 2.45) is 11.7 Å². The molecule has 0 bridgehead atoms. The van der Waals surface area contributed by atoms with Crippen molar-refractivity contribution in [1.82, 2.24) is 4.90 Å². The maximum Gasteiger partial charge on any atom is 0.253 e. The lowest BCUT2D eigenvalue weighted by molar-refractivity contribution is 0.0779. The van der Waals surface area contributed by atoms with Crippen molar-refractivity contribution in [1.29, 1.82) is 0 Å². The Morgan fingerprint density at radius 1 is 1.29 bits per heavy atom. The molecule has 0 aliphatic carbocycles. The molecule has 4 nitrogen and oxygen atoms in total. The number of primary amides is 1. The number of carbonyl (C=O) groups is 2. The van der Waals surface area contributed by atoms with Gasteiger partial charge < -0.3 is 10.6 Å². The van der Waals surface area contributed by atoms with Crippen LogP contribution < -0.4 is 5.73 Å². The van der Waals surface area contributed by atoms with Crippen molar-refractivity contribution < 1.29 is 9.59 Å². The SMILES string of the molecule is CC(C)CN(C)C(=O)c1cccc(C(N)=O)c1. The first-order chi connectivity index (χ1) is 7.91. The molecule has 0 saturated heterocycles. The summed E-state index contributed by atoms with van der Waals surface area (Å²) in [5, 5.41) is 0. The molecule has 4 heteroatoms. The minimum absolute atomic E-state index is 0.0956. The summed E-state index contributed by atoms with van der Waals surface area (Å²) in [4.78, 5) is 24.7. The topological polar surface area (TPSA) is 63.4 Å². The van der Waals surface area contributed by atoms with Crippen LogP contribution in [0.25, 0.3) is 0 Å². The summed E-state index contributed by atoms with van der Waals surface area (Å²) >= 11 is 0. The zero-order valence-electron chi connectivity index (χ0n) is 10.4. The quantitative estimate of drug-likeness (QED) is 0.858. The molecule has 92 valence electrons. The Hall–Kier alpha value is -1.84. The first-order valence-corrected chi connectivity index (χ1v) is 5.57. The molecule has 1 aromatic rings. The van der Waals surface area contributed by atoms with Gasteiger partial charge in [0.1, 0.15) is 0 Å². The van der Waals surface area contributed by atoms with Gasteiger partial charge in [0.25, 0.3) is 5.91 Å². The Kier molecular flexibility index (Phi) is 4.26. The molecule has 0 heterocycles. The van der Waals surface area contributed by atoms with Gasteiger partial charge >= 0.3 is 0 Å². The van der Waals surface area contributed by atoms with Gasteiger partial charge in [-0.1, -0.05) is 19.9 Å². The molecule has 0 aliphatic rings. The summed E-state index contributed by atoms with van der Waals surface area (Å²) in [5.41, 5.74) is 6.02. The molecule has 0 radical (unpaired) electrons. The molecule has 17 heavy (non-hydrogen) atoms. The van der Waals surface area contributed by atoms with Gasteiger partial charge in [0.2, 0.25) is 5.91 Å². The van der Waals surface area contributed by atoms with Crippen LogP contribution in [0.1, 0.15) is 34.6 Å². The molecule has 1 aromatic carbocycles. The summed E-state index contributed by atoms with van der Waals surface area (Å²) in [6, 6.07) is 6.48. The molecule has 0 saturated carbocycles. The Bertz CT molecular complexity index is 427. The highest BCUT2D eigenvalue weighted by Crippen LogP contribution is 2.08.